The van der Waals surface area contributed by atoms with Crippen LogP contribution in [0.25, 0.3) is 0 Å². The zero-order valence-electron chi connectivity index (χ0n) is 21.3. The van der Waals surface area contributed by atoms with E-state index in [0.29, 0.717) is 5.56 Å². The van der Waals surface area contributed by atoms with Crippen LogP contribution in [0, 0.1) is 11.8 Å². The molecule has 10 heteroatoms. The number of halogens is 1. The third-order valence-corrected chi connectivity index (χ3v) is 10.00. The molecular weight excluding hydrogens is 553 g/mol. The van der Waals surface area contributed by atoms with E-state index in [1.165, 1.54) is 55.5 Å². The molecule has 0 aliphatic carbocycles. The van der Waals surface area contributed by atoms with E-state index in [2.05, 4.69) is 11.8 Å². The number of carbonyl (C=O) groups is 1. The fourth-order valence-corrected chi connectivity index (χ4v) is 7.76. The summed E-state index contributed by atoms with van der Waals surface area (Å²) >= 11 is 0. The van der Waals surface area contributed by atoms with Crippen LogP contribution in [0.15, 0.2) is 125 Å². The maximum Gasteiger partial charge on any atom is 0.366 e. The first-order chi connectivity index (χ1) is 19.1. The average molecular weight is 578 g/mol. The summed E-state index contributed by atoms with van der Waals surface area (Å²) < 4.78 is 77.4. The van der Waals surface area contributed by atoms with E-state index in [1.54, 1.807) is 12.1 Å². The molecule has 0 saturated carbocycles. The minimum Gasteiger partial charge on any atom is -0.462 e. The lowest BCUT2D eigenvalue weighted by Gasteiger charge is -2.33. The van der Waals surface area contributed by atoms with Gasteiger partial charge in [-0.2, -0.15) is 0 Å². The molecule has 0 N–H and O–H groups in total. The molecule has 0 spiro atoms. The lowest BCUT2D eigenvalue weighted by molar-refractivity contribution is -0.164. The highest BCUT2D eigenvalue weighted by Crippen LogP contribution is 2.41. The van der Waals surface area contributed by atoms with Gasteiger partial charge in [0.05, 0.1) is 16.4 Å². The molecule has 204 valence electrons. The molecule has 0 saturated heterocycles. The van der Waals surface area contributed by atoms with Gasteiger partial charge in [-0.3, -0.25) is 0 Å². The summed E-state index contributed by atoms with van der Waals surface area (Å²) in [7, 11) is -10.4. The molecule has 0 bridgehead atoms. The van der Waals surface area contributed by atoms with E-state index in [1.807, 2.05) is 18.2 Å². The molecule has 4 rings (SSSR count). The first-order valence-electron chi connectivity index (χ1n) is 12.1. The maximum absolute atomic E-state index is 17.4. The van der Waals surface area contributed by atoms with E-state index >= 15 is 4.39 Å². The summed E-state index contributed by atoms with van der Waals surface area (Å²) in [5, 5.41) is 0. The van der Waals surface area contributed by atoms with Crippen LogP contribution in [0.3, 0.4) is 0 Å². The van der Waals surface area contributed by atoms with Crippen molar-refractivity contribution in [3.8, 4) is 11.8 Å². The third kappa shape index (κ3) is 5.67. The average Bonchev–Trinajstić information content (AvgIpc) is 2.97. The highest BCUT2D eigenvalue weighted by atomic mass is 32.3. The van der Waals surface area contributed by atoms with Gasteiger partial charge >= 0.3 is 11.8 Å². The number of hydrogen-bond donors (Lipinski definition) is 0. The number of sulfonamides is 2. The second-order valence-corrected chi connectivity index (χ2v) is 12.2. The van der Waals surface area contributed by atoms with Crippen LogP contribution in [-0.2, 0) is 35.4 Å². The predicted octanol–water partition coefficient (Wildman–Crippen LogP) is 4.85. The summed E-state index contributed by atoms with van der Waals surface area (Å²) in [5.41, 5.74) is 0.574. The first kappa shape index (κ1) is 28.7. The molecule has 0 radical (unpaired) electrons. The number of hydrogen-bond acceptors (Lipinski definition) is 6. The van der Waals surface area contributed by atoms with Crippen molar-refractivity contribution in [3.05, 3.63) is 132 Å². The Morgan fingerprint density at radius 2 is 1.10 bits per heavy atom. The lowest BCUT2D eigenvalue weighted by atomic mass is 10.0. The van der Waals surface area contributed by atoms with Crippen molar-refractivity contribution in [2.45, 2.75) is 22.5 Å². The van der Waals surface area contributed by atoms with Crippen LogP contribution in [0.1, 0.15) is 23.6 Å². The van der Waals surface area contributed by atoms with Gasteiger partial charge in [0.25, 0.3) is 20.0 Å². The second kappa shape index (κ2) is 11.8. The van der Waals surface area contributed by atoms with Crippen molar-refractivity contribution < 1.29 is 30.8 Å². The van der Waals surface area contributed by atoms with Crippen molar-refractivity contribution >= 4 is 26.0 Å². The van der Waals surface area contributed by atoms with Gasteiger partial charge in [-0.05, 0) is 59.2 Å². The van der Waals surface area contributed by atoms with Gasteiger partial charge in [0.15, 0.2) is 0 Å². The van der Waals surface area contributed by atoms with Gasteiger partial charge in [-0.25, -0.2) is 26.0 Å². The van der Waals surface area contributed by atoms with Gasteiger partial charge in [0, 0.05) is 16.7 Å². The van der Waals surface area contributed by atoms with Gasteiger partial charge in [0.2, 0.25) is 0 Å². The van der Waals surface area contributed by atoms with Crippen molar-refractivity contribution in [1.82, 2.24) is 3.71 Å². The largest absolute Gasteiger partial charge is 0.462 e. The minimum absolute atomic E-state index is 0.338. The second-order valence-electron chi connectivity index (χ2n) is 8.37. The third-order valence-electron chi connectivity index (χ3n) is 5.71. The topological polar surface area (TPSA) is 97.8 Å². The van der Waals surface area contributed by atoms with Crippen molar-refractivity contribution in [2.75, 3.05) is 6.61 Å². The Kier molecular flexibility index (Phi) is 8.49. The molecule has 7 nitrogen and oxygen atoms in total. The van der Waals surface area contributed by atoms with Crippen molar-refractivity contribution in [3.63, 3.8) is 0 Å². The fraction of sp³-hybridized carbons (Fsp3) is 0.100. The fourth-order valence-electron chi connectivity index (χ4n) is 3.80. The highest BCUT2D eigenvalue weighted by molar-refractivity contribution is 8.04. The molecular formula is C30H24FNO6S2. The quantitative estimate of drug-likeness (QED) is 0.169. The molecule has 0 fully saturated rings. The number of alkyl halides is 1. The van der Waals surface area contributed by atoms with E-state index in [-0.39, 0.29) is 6.61 Å². The number of esters is 1. The standard InChI is InChI=1S/C30H24FNO6S2/c1-2-38-29(33)30(31,26-22-20-25(21-23-26)19-18-24-12-6-3-7-13-24)32(39(34,35)27-14-8-4-9-15-27)40(36,37)28-16-10-5-11-17-28/h3-17,20-23H,2H2,1H3. The van der Waals surface area contributed by atoms with Gasteiger partial charge in [-0.1, -0.05) is 78.6 Å². The number of benzene rings is 4. The van der Waals surface area contributed by atoms with Crippen LogP contribution in [0.5, 0.6) is 0 Å². The Bertz CT molecular complexity index is 1680. The summed E-state index contributed by atoms with van der Waals surface area (Å²) in [6.07, 6.45) is 0. The van der Waals surface area contributed by atoms with E-state index < -0.39 is 50.9 Å². The maximum atomic E-state index is 17.4. The monoisotopic (exact) mass is 577 g/mol. The Balaban J connectivity index is 1.94. The molecule has 0 aromatic heterocycles. The molecule has 0 amide bonds. The highest BCUT2D eigenvalue weighted by Gasteiger charge is 2.60. The van der Waals surface area contributed by atoms with E-state index in [0.717, 1.165) is 42.0 Å². The number of nitrogens with zero attached hydrogens (tertiary/aromatic N) is 1. The molecule has 4 aromatic carbocycles. The van der Waals surface area contributed by atoms with Crippen LogP contribution >= 0.6 is 0 Å². The minimum atomic E-state index is -5.19. The molecule has 1 unspecified atom stereocenters. The van der Waals surface area contributed by atoms with Gasteiger partial charge in [0.1, 0.15) is 0 Å². The Morgan fingerprint density at radius 3 is 1.52 bits per heavy atom. The SMILES string of the molecule is CCOC(=O)C(F)(c1ccc(C#Cc2ccccc2)cc1)N(S(=O)(=O)c1ccccc1)S(=O)(=O)c1ccccc1. The zero-order chi connectivity index (χ0) is 28.8. The zero-order valence-corrected chi connectivity index (χ0v) is 22.9. The molecule has 40 heavy (non-hydrogen) atoms. The van der Waals surface area contributed by atoms with Gasteiger partial charge in [-0.15, -0.1) is 0 Å². The summed E-state index contributed by atoms with van der Waals surface area (Å²) in [4.78, 5) is 12.2. The van der Waals surface area contributed by atoms with Crippen molar-refractivity contribution in [2.24, 2.45) is 0 Å². The number of carbonyl (C=O) groups excluding carboxylic acids is 1. The predicted molar refractivity (Wildman–Crippen MR) is 147 cm³/mol. The number of rotatable bonds is 8. The lowest BCUT2D eigenvalue weighted by Crippen LogP contribution is -2.54. The molecule has 0 aliphatic heterocycles. The molecule has 4 aromatic rings. The summed E-state index contributed by atoms with van der Waals surface area (Å²) in [6.45, 7) is 1.05. The first-order valence-corrected chi connectivity index (χ1v) is 14.9. The summed E-state index contributed by atoms with van der Waals surface area (Å²) in [5.74, 6) is 0.324. The Morgan fingerprint density at radius 1 is 0.700 bits per heavy atom. The Hall–Kier alpha value is -4.30. The summed E-state index contributed by atoms with van der Waals surface area (Å²) in [6, 6.07) is 26.9. The van der Waals surface area contributed by atoms with Gasteiger partial charge < -0.3 is 4.74 Å². The smallest absolute Gasteiger partial charge is 0.366 e. The van der Waals surface area contributed by atoms with E-state index in [9.17, 15) is 21.6 Å². The van der Waals surface area contributed by atoms with Crippen LogP contribution in [0.4, 0.5) is 4.39 Å². The van der Waals surface area contributed by atoms with Crippen LogP contribution in [0.2, 0.25) is 0 Å². The normalized spacial score (nSPS) is 13.1. The molecule has 0 aliphatic rings. The van der Waals surface area contributed by atoms with Crippen LogP contribution < -0.4 is 0 Å². The molecule has 1 atom stereocenters. The van der Waals surface area contributed by atoms with E-state index in [4.69, 9.17) is 4.74 Å². The Labute approximate surface area is 233 Å². The number of ether oxygens (including phenoxy) is 1. The molecule has 0 heterocycles. The van der Waals surface area contributed by atoms with Crippen molar-refractivity contribution in [1.29, 1.82) is 0 Å². The van der Waals surface area contributed by atoms with Crippen LogP contribution in [-0.4, -0.2) is 33.1 Å².